The highest BCUT2D eigenvalue weighted by molar-refractivity contribution is 7.89. The monoisotopic (exact) mass is 444 g/mol. The van der Waals surface area contributed by atoms with Crippen LogP contribution < -0.4 is 9.47 Å². The quantitative estimate of drug-likeness (QED) is 0.682. The Labute approximate surface area is 183 Å². The summed E-state index contributed by atoms with van der Waals surface area (Å²) >= 11 is 0. The van der Waals surface area contributed by atoms with Gasteiger partial charge in [-0.3, -0.25) is 4.79 Å². The van der Waals surface area contributed by atoms with Crippen molar-refractivity contribution >= 4 is 15.9 Å². The molecule has 1 saturated heterocycles. The molecule has 1 fully saturated rings. The van der Waals surface area contributed by atoms with E-state index in [2.05, 4.69) is 0 Å². The smallest absolute Gasteiger partial charge is 0.254 e. The molecule has 0 aromatic heterocycles. The van der Waals surface area contributed by atoms with Gasteiger partial charge < -0.3 is 14.4 Å². The second kappa shape index (κ2) is 8.88. The summed E-state index contributed by atoms with van der Waals surface area (Å²) in [6.45, 7) is 6.16. The van der Waals surface area contributed by atoms with Gasteiger partial charge in [0.25, 0.3) is 5.91 Å². The van der Waals surface area contributed by atoms with Gasteiger partial charge in [-0.1, -0.05) is 19.9 Å². The van der Waals surface area contributed by atoms with Crippen molar-refractivity contribution in [3.63, 3.8) is 0 Å². The lowest BCUT2D eigenvalue weighted by atomic mass is 10.0. The van der Waals surface area contributed by atoms with Crippen LogP contribution in [0.25, 0.3) is 0 Å². The molecule has 1 amide bonds. The fourth-order valence-electron chi connectivity index (χ4n) is 4.27. The third-order valence-electron chi connectivity index (χ3n) is 5.91. The Balaban J connectivity index is 1.55. The molecule has 2 aliphatic heterocycles. The molecule has 2 aliphatic rings. The van der Waals surface area contributed by atoms with E-state index in [1.54, 1.807) is 12.1 Å². The zero-order valence-electron chi connectivity index (χ0n) is 17.9. The number of nitrogens with zero attached hydrogens (tertiary/aromatic N) is 2. The highest BCUT2D eigenvalue weighted by Crippen LogP contribution is 2.38. The maximum Gasteiger partial charge on any atom is 0.254 e. The van der Waals surface area contributed by atoms with Crippen molar-refractivity contribution in [2.24, 2.45) is 0 Å². The molecule has 31 heavy (non-hydrogen) atoms. The van der Waals surface area contributed by atoms with Crippen LogP contribution in [0.1, 0.15) is 48.7 Å². The van der Waals surface area contributed by atoms with Crippen molar-refractivity contribution in [2.75, 3.05) is 32.8 Å². The first kappa shape index (κ1) is 21.6. The molecule has 0 radical (unpaired) electrons. The number of ether oxygens (including phenoxy) is 2. The Morgan fingerprint density at radius 3 is 2.39 bits per heavy atom. The third-order valence-corrected chi connectivity index (χ3v) is 7.97. The van der Waals surface area contributed by atoms with Crippen molar-refractivity contribution < 1.29 is 22.7 Å². The zero-order chi connectivity index (χ0) is 22.0. The number of sulfonamides is 1. The minimum absolute atomic E-state index is 0.0394. The fourth-order valence-corrected chi connectivity index (χ4v) is 5.73. The maximum atomic E-state index is 13.2. The Kier molecular flexibility index (Phi) is 6.20. The largest absolute Gasteiger partial charge is 0.486 e. The average molecular weight is 445 g/mol. The van der Waals surface area contributed by atoms with E-state index in [9.17, 15) is 13.2 Å². The molecule has 4 rings (SSSR count). The predicted molar refractivity (Wildman–Crippen MR) is 117 cm³/mol. The van der Waals surface area contributed by atoms with Crippen LogP contribution >= 0.6 is 0 Å². The van der Waals surface area contributed by atoms with Crippen LogP contribution in [-0.2, 0) is 10.0 Å². The van der Waals surface area contributed by atoms with Gasteiger partial charge in [-0.25, -0.2) is 8.42 Å². The van der Waals surface area contributed by atoms with Crippen molar-refractivity contribution in [2.45, 2.75) is 37.6 Å². The van der Waals surface area contributed by atoms with Crippen LogP contribution in [-0.4, -0.2) is 56.4 Å². The van der Waals surface area contributed by atoms with Gasteiger partial charge in [0.05, 0.1) is 10.9 Å². The van der Waals surface area contributed by atoms with Crippen LogP contribution in [0.5, 0.6) is 11.5 Å². The number of hydrogen-bond donors (Lipinski definition) is 0. The van der Waals surface area contributed by atoms with E-state index >= 15 is 0 Å². The topological polar surface area (TPSA) is 76.2 Å². The van der Waals surface area contributed by atoms with Crippen LogP contribution in [0, 0.1) is 0 Å². The Bertz CT molecular complexity index is 1050. The van der Waals surface area contributed by atoms with Gasteiger partial charge in [-0.2, -0.15) is 4.31 Å². The number of hydrogen-bond acceptors (Lipinski definition) is 5. The summed E-state index contributed by atoms with van der Waals surface area (Å²) in [5.74, 6) is 1.36. The molecule has 0 saturated carbocycles. The lowest BCUT2D eigenvalue weighted by molar-refractivity contribution is 0.0735. The highest BCUT2D eigenvalue weighted by Gasteiger charge is 2.32. The maximum absolute atomic E-state index is 13.2. The van der Waals surface area contributed by atoms with Gasteiger partial charge in [-0.15, -0.1) is 0 Å². The summed E-state index contributed by atoms with van der Waals surface area (Å²) in [6, 6.07) is 12.1. The summed E-state index contributed by atoms with van der Waals surface area (Å²) in [4.78, 5) is 15.3. The first-order chi connectivity index (χ1) is 15.0. The van der Waals surface area contributed by atoms with Crippen LogP contribution in [0.4, 0.5) is 0 Å². The van der Waals surface area contributed by atoms with E-state index in [4.69, 9.17) is 9.47 Å². The molecule has 8 heteroatoms. The summed E-state index contributed by atoms with van der Waals surface area (Å²) in [5, 5.41) is 0. The average Bonchev–Trinajstić information content (AvgIpc) is 3.29. The molecule has 7 nitrogen and oxygen atoms in total. The lowest BCUT2D eigenvalue weighted by Crippen LogP contribution is -2.31. The highest BCUT2D eigenvalue weighted by atomic mass is 32.2. The van der Waals surface area contributed by atoms with E-state index < -0.39 is 10.0 Å². The van der Waals surface area contributed by atoms with Gasteiger partial charge in [-0.05, 0) is 54.8 Å². The molecular formula is C23H28N2O5S. The van der Waals surface area contributed by atoms with Gasteiger partial charge in [0.1, 0.15) is 13.2 Å². The van der Waals surface area contributed by atoms with Crippen LogP contribution in [0.15, 0.2) is 47.4 Å². The molecule has 0 N–H and O–H groups in total. The number of fused-ring (bicyclic) bond motifs is 1. The van der Waals surface area contributed by atoms with E-state index in [1.807, 2.05) is 36.9 Å². The van der Waals surface area contributed by atoms with Gasteiger partial charge in [0.15, 0.2) is 11.5 Å². The van der Waals surface area contributed by atoms with Gasteiger partial charge in [0.2, 0.25) is 10.0 Å². The van der Waals surface area contributed by atoms with E-state index in [0.717, 1.165) is 24.2 Å². The second-order valence-corrected chi connectivity index (χ2v) is 9.61. The minimum Gasteiger partial charge on any atom is -0.486 e. The molecule has 2 heterocycles. The first-order valence-electron chi connectivity index (χ1n) is 10.8. The molecule has 0 spiro atoms. The van der Waals surface area contributed by atoms with E-state index in [-0.39, 0.29) is 16.8 Å². The van der Waals surface area contributed by atoms with Crippen LogP contribution in [0.2, 0.25) is 0 Å². The number of carbonyl (C=O) groups is 1. The van der Waals surface area contributed by atoms with Crippen LogP contribution in [0.3, 0.4) is 0 Å². The number of carbonyl (C=O) groups excluding carboxylic acids is 1. The molecule has 1 atom stereocenters. The molecule has 2 aromatic carbocycles. The van der Waals surface area contributed by atoms with Crippen molar-refractivity contribution in [3.05, 3.63) is 53.6 Å². The number of rotatable bonds is 6. The molecule has 0 aliphatic carbocycles. The standard InChI is InChI=1S/C23H28N2O5S/c1-3-24(4-2)31(27,28)19-10-7-17(8-11-19)23(26)25-13-5-6-20(25)18-9-12-21-22(16-18)30-15-14-29-21/h7-12,16,20H,3-6,13-15H2,1-2H3/t20-/m0/s1. The summed E-state index contributed by atoms with van der Waals surface area (Å²) in [6.07, 6.45) is 1.79. The lowest BCUT2D eigenvalue weighted by Gasteiger charge is -2.27. The second-order valence-electron chi connectivity index (χ2n) is 7.67. The predicted octanol–water partition coefficient (Wildman–Crippen LogP) is 3.47. The molecule has 166 valence electrons. The summed E-state index contributed by atoms with van der Waals surface area (Å²) in [5.41, 5.74) is 1.51. The summed E-state index contributed by atoms with van der Waals surface area (Å²) < 4.78 is 38.1. The Hall–Kier alpha value is -2.58. The summed E-state index contributed by atoms with van der Waals surface area (Å²) in [7, 11) is -3.54. The zero-order valence-corrected chi connectivity index (χ0v) is 18.7. The molecule has 0 unspecified atom stereocenters. The third kappa shape index (κ3) is 4.14. The molecule has 2 aromatic rings. The van der Waals surface area contributed by atoms with Crippen molar-refractivity contribution in [1.82, 2.24) is 9.21 Å². The van der Waals surface area contributed by atoms with E-state index in [1.165, 1.54) is 16.4 Å². The van der Waals surface area contributed by atoms with Gasteiger partial charge >= 0.3 is 0 Å². The SMILES string of the molecule is CCN(CC)S(=O)(=O)c1ccc(C(=O)N2CCC[C@H]2c2ccc3c(c2)OCCO3)cc1. The van der Waals surface area contributed by atoms with Crippen molar-refractivity contribution in [1.29, 1.82) is 0 Å². The number of amides is 1. The number of benzene rings is 2. The Morgan fingerprint density at radius 1 is 1.03 bits per heavy atom. The van der Waals surface area contributed by atoms with Gasteiger partial charge in [0, 0.05) is 25.2 Å². The number of likely N-dealkylation sites (tertiary alicyclic amines) is 1. The molecular weight excluding hydrogens is 416 g/mol. The fraction of sp³-hybridized carbons (Fsp3) is 0.435. The minimum atomic E-state index is -3.54. The van der Waals surface area contributed by atoms with E-state index in [0.29, 0.717) is 44.2 Å². The van der Waals surface area contributed by atoms with Crippen molar-refractivity contribution in [3.8, 4) is 11.5 Å². The Morgan fingerprint density at radius 2 is 1.71 bits per heavy atom. The molecule has 0 bridgehead atoms. The normalized spacial score (nSPS) is 18.4. The first-order valence-corrected chi connectivity index (χ1v) is 12.2.